The molecule has 0 heterocycles. The third kappa shape index (κ3) is 3.74. The number of hydrogen-bond acceptors (Lipinski definition) is 6. The molecule has 0 aliphatic heterocycles. The predicted molar refractivity (Wildman–Crippen MR) is 59.5 cm³/mol. The molecule has 0 aromatic heterocycles. The number of hydrogen-bond donors (Lipinski definition) is 2. The average Bonchev–Trinajstić information content (AvgIpc) is 2.38. The first-order chi connectivity index (χ1) is 8.58. The van der Waals surface area contributed by atoms with Gasteiger partial charge < -0.3 is 10.2 Å². The Labute approximate surface area is 102 Å². The van der Waals surface area contributed by atoms with Gasteiger partial charge in [0.1, 0.15) is 6.42 Å². The SMILES string of the molecule is NOC(=O)C1CCC=CC1NC(=O)CC(=O)N=O. The topological polar surface area (TPSA) is 128 Å². The van der Waals surface area contributed by atoms with Gasteiger partial charge in [0.2, 0.25) is 5.91 Å². The molecule has 8 nitrogen and oxygen atoms in total. The minimum Gasteiger partial charge on any atom is -0.373 e. The van der Waals surface area contributed by atoms with Gasteiger partial charge in [-0.05, 0) is 12.8 Å². The average molecular weight is 255 g/mol. The number of amides is 2. The molecule has 2 atom stereocenters. The second-order valence-electron chi connectivity index (χ2n) is 3.80. The monoisotopic (exact) mass is 255 g/mol. The Hall–Kier alpha value is -2.09. The summed E-state index contributed by atoms with van der Waals surface area (Å²) in [5.74, 6) is 1.83. The summed E-state index contributed by atoms with van der Waals surface area (Å²) in [6, 6.07) is -0.596. The van der Waals surface area contributed by atoms with Crippen LogP contribution in [0.2, 0.25) is 0 Å². The summed E-state index contributed by atoms with van der Waals surface area (Å²) in [5.41, 5.74) is 0. The summed E-state index contributed by atoms with van der Waals surface area (Å²) in [4.78, 5) is 47.4. The van der Waals surface area contributed by atoms with Crippen LogP contribution in [0.5, 0.6) is 0 Å². The largest absolute Gasteiger partial charge is 0.373 e. The van der Waals surface area contributed by atoms with E-state index in [0.29, 0.717) is 12.8 Å². The minimum atomic E-state index is -1.06. The Kier molecular flexibility index (Phi) is 5.12. The molecule has 8 heteroatoms. The number of nitrogens with one attached hydrogen (secondary N) is 1. The zero-order valence-electron chi connectivity index (χ0n) is 9.50. The molecule has 18 heavy (non-hydrogen) atoms. The normalized spacial score (nSPS) is 22.1. The van der Waals surface area contributed by atoms with Gasteiger partial charge in [-0.15, -0.1) is 4.91 Å². The van der Waals surface area contributed by atoms with E-state index in [1.807, 2.05) is 0 Å². The lowest BCUT2D eigenvalue weighted by Gasteiger charge is -2.25. The Morgan fingerprint density at radius 1 is 1.44 bits per heavy atom. The Balaban J connectivity index is 2.62. The molecule has 0 bridgehead atoms. The van der Waals surface area contributed by atoms with Crippen LogP contribution in [0.25, 0.3) is 0 Å². The molecule has 0 saturated carbocycles. The first-order valence-electron chi connectivity index (χ1n) is 5.31. The number of carbonyl (C=O) groups excluding carboxylic acids is 3. The molecule has 0 spiro atoms. The van der Waals surface area contributed by atoms with Gasteiger partial charge in [-0.25, -0.2) is 4.79 Å². The Bertz CT molecular complexity index is 393. The second-order valence-corrected chi connectivity index (χ2v) is 3.80. The highest BCUT2D eigenvalue weighted by Crippen LogP contribution is 2.20. The predicted octanol–water partition coefficient (Wildman–Crippen LogP) is -0.463. The number of carbonyl (C=O) groups is 3. The Morgan fingerprint density at radius 2 is 2.17 bits per heavy atom. The molecular formula is C10H13N3O5. The molecule has 0 saturated heterocycles. The van der Waals surface area contributed by atoms with E-state index in [0.717, 1.165) is 0 Å². The van der Waals surface area contributed by atoms with Crippen molar-refractivity contribution >= 4 is 17.8 Å². The van der Waals surface area contributed by atoms with Gasteiger partial charge in [0.05, 0.1) is 12.0 Å². The van der Waals surface area contributed by atoms with E-state index in [-0.39, 0.29) is 0 Å². The fourth-order valence-corrected chi connectivity index (χ4v) is 1.74. The van der Waals surface area contributed by atoms with Crippen molar-refractivity contribution in [1.82, 2.24) is 5.32 Å². The van der Waals surface area contributed by atoms with Gasteiger partial charge in [-0.1, -0.05) is 12.2 Å². The molecule has 1 aliphatic carbocycles. The van der Waals surface area contributed by atoms with Gasteiger partial charge >= 0.3 is 5.97 Å². The van der Waals surface area contributed by atoms with Crippen LogP contribution in [0.15, 0.2) is 17.3 Å². The summed E-state index contributed by atoms with van der Waals surface area (Å²) in [7, 11) is 0. The van der Waals surface area contributed by atoms with E-state index < -0.39 is 36.2 Å². The number of nitroso groups, excluding NO2 is 1. The van der Waals surface area contributed by atoms with Crippen molar-refractivity contribution < 1.29 is 19.2 Å². The lowest BCUT2D eigenvalue weighted by Crippen LogP contribution is -2.44. The van der Waals surface area contributed by atoms with Crippen molar-refractivity contribution in [2.75, 3.05) is 0 Å². The molecule has 0 fully saturated rings. The highest BCUT2D eigenvalue weighted by atomic mass is 16.7. The summed E-state index contributed by atoms with van der Waals surface area (Å²) >= 11 is 0. The maximum Gasteiger partial charge on any atom is 0.329 e. The van der Waals surface area contributed by atoms with Crippen LogP contribution in [-0.2, 0) is 19.2 Å². The summed E-state index contributed by atoms with van der Waals surface area (Å²) < 4.78 is 0. The van der Waals surface area contributed by atoms with Crippen molar-refractivity contribution in [1.29, 1.82) is 0 Å². The number of allylic oxidation sites excluding steroid dienone is 1. The Morgan fingerprint density at radius 3 is 2.78 bits per heavy atom. The van der Waals surface area contributed by atoms with Gasteiger partial charge in [0.25, 0.3) is 5.91 Å². The lowest BCUT2D eigenvalue weighted by molar-refractivity contribution is -0.150. The molecule has 2 unspecified atom stereocenters. The van der Waals surface area contributed by atoms with Crippen molar-refractivity contribution in [3.8, 4) is 0 Å². The van der Waals surface area contributed by atoms with Crippen LogP contribution in [0, 0.1) is 10.8 Å². The maximum atomic E-state index is 11.4. The second kappa shape index (κ2) is 6.60. The van der Waals surface area contributed by atoms with E-state index in [1.54, 1.807) is 12.2 Å². The number of nitrogens with two attached hydrogens (primary N) is 1. The van der Waals surface area contributed by atoms with Gasteiger partial charge in [0.15, 0.2) is 0 Å². The molecule has 0 aromatic rings. The van der Waals surface area contributed by atoms with Gasteiger partial charge in [-0.2, -0.15) is 5.90 Å². The van der Waals surface area contributed by atoms with Crippen molar-refractivity contribution in [3.05, 3.63) is 17.1 Å². The fourth-order valence-electron chi connectivity index (χ4n) is 1.74. The van der Waals surface area contributed by atoms with E-state index in [9.17, 15) is 19.3 Å². The summed E-state index contributed by atoms with van der Waals surface area (Å²) in [6.45, 7) is 0. The molecule has 2 amide bonds. The van der Waals surface area contributed by atoms with Crippen LogP contribution in [-0.4, -0.2) is 23.8 Å². The lowest BCUT2D eigenvalue weighted by atomic mass is 9.89. The quantitative estimate of drug-likeness (QED) is 0.302. The van der Waals surface area contributed by atoms with Crippen molar-refractivity contribution in [2.45, 2.75) is 25.3 Å². The van der Waals surface area contributed by atoms with Crippen LogP contribution in [0.3, 0.4) is 0 Å². The maximum absolute atomic E-state index is 11.4. The van der Waals surface area contributed by atoms with Crippen LogP contribution < -0.4 is 11.2 Å². The van der Waals surface area contributed by atoms with E-state index in [2.05, 4.69) is 15.3 Å². The van der Waals surface area contributed by atoms with Crippen LogP contribution in [0.4, 0.5) is 0 Å². The third-order valence-electron chi connectivity index (χ3n) is 2.58. The standard InChI is InChI=1S/C10H13N3O5/c11-18-10(16)6-3-1-2-4-7(6)12-8(14)5-9(15)13-17/h2,4,6-7H,1,3,5,11H2,(H,12,14). The molecule has 1 aliphatic rings. The van der Waals surface area contributed by atoms with E-state index >= 15 is 0 Å². The summed E-state index contributed by atoms with van der Waals surface area (Å²) in [5, 5.41) is 4.56. The first kappa shape index (κ1) is 14.0. The van der Waals surface area contributed by atoms with Gasteiger partial charge in [0, 0.05) is 5.18 Å². The van der Waals surface area contributed by atoms with Crippen molar-refractivity contribution in [3.63, 3.8) is 0 Å². The fraction of sp³-hybridized carbons (Fsp3) is 0.500. The zero-order chi connectivity index (χ0) is 13.5. The highest BCUT2D eigenvalue weighted by molar-refractivity contribution is 5.97. The molecule has 3 N–H and O–H groups in total. The molecule has 0 radical (unpaired) electrons. The zero-order valence-corrected chi connectivity index (χ0v) is 9.50. The molecule has 0 aromatic carbocycles. The van der Waals surface area contributed by atoms with E-state index in [4.69, 9.17) is 5.90 Å². The highest BCUT2D eigenvalue weighted by Gasteiger charge is 2.30. The molecule has 98 valence electrons. The van der Waals surface area contributed by atoms with Crippen LogP contribution >= 0.6 is 0 Å². The van der Waals surface area contributed by atoms with E-state index in [1.165, 1.54) is 0 Å². The molecular weight excluding hydrogens is 242 g/mol. The third-order valence-corrected chi connectivity index (χ3v) is 2.58. The first-order valence-corrected chi connectivity index (χ1v) is 5.31. The van der Waals surface area contributed by atoms with Gasteiger partial charge in [-0.3, -0.25) is 9.59 Å². The van der Waals surface area contributed by atoms with Crippen LogP contribution in [0.1, 0.15) is 19.3 Å². The smallest absolute Gasteiger partial charge is 0.329 e. The summed E-state index contributed by atoms with van der Waals surface area (Å²) in [6.07, 6.45) is 3.93. The van der Waals surface area contributed by atoms with Crippen molar-refractivity contribution in [2.24, 2.45) is 17.0 Å². The number of rotatable bonds is 4. The minimum absolute atomic E-state index is 0.483. The number of nitrogens with zero attached hydrogens (tertiary/aromatic N) is 1. The molecule has 1 rings (SSSR count).